The number of benzene rings is 2. The molecule has 2 saturated heterocycles. The van der Waals surface area contributed by atoms with Crippen molar-refractivity contribution < 1.29 is 33.4 Å². The maximum absolute atomic E-state index is 13.8. The number of amides is 4. The molecule has 0 spiro atoms. The Balaban J connectivity index is 1.05. The molecule has 0 radical (unpaired) electrons. The molecule has 3 aliphatic rings. The minimum absolute atomic E-state index is 0.117. The third-order valence-electron chi connectivity index (χ3n) is 12.7. The second-order valence-electron chi connectivity index (χ2n) is 17.2. The molecule has 2 aromatic carbocycles. The number of aromatic amines is 2. The van der Waals surface area contributed by atoms with Crippen LogP contribution in [0.5, 0.6) is 0 Å². The Morgan fingerprint density at radius 3 is 1.81 bits per heavy atom. The van der Waals surface area contributed by atoms with Crippen LogP contribution in [0.25, 0.3) is 44.7 Å². The normalized spacial score (nSPS) is 18.0. The summed E-state index contributed by atoms with van der Waals surface area (Å²) in [6.45, 7) is 10.1. The van der Waals surface area contributed by atoms with E-state index in [2.05, 4.69) is 61.6 Å². The van der Waals surface area contributed by atoms with Gasteiger partial charge in [-0.25, -0.2) is 19.6 Å². The summed E-state index contributed by atoms with van der Waals surface area (Å²) in [7, 11) is 4.31. The molecule has 3 aromatic heterocycles. The summed E-state index contributed by atoms with van der Waals surface area (Å²) in [6.07, 6.45) is 6.39. The van der Waals surface area contributed by atoms with Gasteiger partial charge in [0.15, 0.2) is 0 Å². The van der Waals surface area contributed by atoms with Crippen molar-refractivity contribution in [2.24, 2.45) is 11.8 Å². The van der Waals surface area contributed by atoms with Gasteiger partial charge in [-0.05, 0) is 72.4 Å². The van der Waals surface area contributed by atoms with Crippen LogP contribution in [-0.2, 0) is 36.8 Å². The molecule has 4 amide bonds. The van der Waals surface area contributed by atoms with Crippen LogP contribution in [0.2, 0.25) is 0 Å². The lowest BCUT2D eigenvalue weighted by Gasteiger charge is -2.30. The molecule has 5 heterocycles. The van der Waals surface area contributed by atoms with Crippen molar-refractivity contribution in [2.45, 2.75) is 90.5 Å². The number of methoxy groups -OCH3 is 3. The largest absolute Gasteiger partial charge is 0.453 e. The molecule has 8 rings (SSSR count). The molecule has 0 unspecified atom stereocenters. The first kappa shape index (κ1) is 42.5. The minimum atomic E-state index is -0.705. The van der Waals surface area contributed by atoms with E-state index in [-0.39, 0.29) is 35.7 Å². The van der Waals surface area contributed by atoms with Crippen LogP contribution >= 0.6 is 0 Å². The monoisotopic (exact) mass is 847 g/mol. The van der Waals surface area contributed by atoms with E-state index >= 15 is 0 Å². The van der Waals surface area contributed by atoms with E-state index in [1.54, 1.807) is 7.11 Å². The smallest absolute Gasteiger partial charge is 0.407 e. The molecule has 16 heteroatoms. The molecule has 0 bridgehead atoms. The van der Waals surface area contributed by atoms with Crippen LogP contribution in [0.1, 0.15) is 88.2 Å². The zero-order chi connectivity index (χ0) is 43.8. The maximum atomic E-state index is 13.8. The van der Waals surface area contributed by atoms with Gasteiger partial charge < -0.3 is 49.2 Å². The molecule has 62 heavy (non-hydrogen) atoms. The lowest BCUT2D eigenvalue weighted by Crippen LogP contribution is -2.51. The van der Waals surface area contributed by atoms with Crippen molar-refractivity contribution in [3.63, 3.8) is 0 Å². The number of imidazole rings is 2. The topological polar surface area (TPSA) is 189 Å². The highest BCUT2D eigenvalue weighted by molar-refractivity contribution is 5.98. The van der Waals surface area contributed by atoms with E-state index in [0.717, 1.165) is 77.2 Å². The Morgan fingerprint density at radius 2 is 1.29 bits per heavy atom. The van der Waals surface area contributed by atoms with Crippen molar-refractivity contribution in [1.29, 1.82) is 0 Å². The fourth-order valence-corrected chi connectivity index (χ4v) is 9.51. The fraction of sp³-hybridized carbons (Fsp3) is 0.478. The Hall–Kier alpha value is -6.16. The molecule has 2 aliphatic heterocycles. The molecular formula is C46H57N9O7. The van der Waals surface area contributed by atoms with Gasteiger partial charge in [0.2, 0.25) is 11.8 Å². The predicted molar refractivity (Wildman–Crippen MR) is 233 cm³/mol. The Morgan fingerprint density at radius 1 is 0.758 bits per heavy atom. The van der Waals surface area contributed by atoms with Crippen LogP contribution in [0.4, 0.5) is 9.59 Å². The standard InChI is InChI=1S/C46H57N9O7/c1-25(2)38(51-45(58)61-6)43(56)54-16-8-10-36(54)41-47-23-33(49-41)27-12-14-30-29(20-27)22-32-31-21-28(13-15-35(31)53(40(30)32)18-19-60-5)34-24-48-42(50-34)37-11-9-17-55(37)44(57)39(26(3)4)52-46(59)62-7/h12-15,20-21,23-26,36-39H,8-11,16-19,22H2,1-7H3,(H,47,49)(H,48,50)(H,51,58)(H,52,59)/t36-,37-,38-,39-/m0/s1. The van der Waals surface area contributed by atoms with Crippen molar-refractivity contribution in [2.75, 3.05) is 41.0 Å². The van der Waals surface area contributed by atoms with Crippen LogP contribution in [0, 0.1) is 11.8 Å². The molecule has 5 aromatic rings. The van der Waals surface area contributed by atoms with Crippen molar-refractivity contribution in [3.8, 4) is 33.8 Å². The number of rotatable bonds is 13. The Kier molecular flexibility index (Phi) is 12.1. The van der Waals surface area contributed by atoms with Crippen molar-refractivity contribution >= 4 is 34.9 Å². The number of fused-ring (bicyclic) bond motifs is 5. The Labute approximate surface area is 361 Å². The average Bonchev–Trinajstić information content (AvgIpc) is 4.13. The highest BCUT2D eigenvalue weighted by Gasteiger charge is 2.39. The second kappa shape index (κ2) is 17.7. The van der Waals surface area contributed by atoms with Crippen molar-refractivity contribution in [3.05, 3.63) is 71.6 Å². The van der Waals surface area contributed by atoms with Crippen LogP contribution in [0.15, 0.2) is 48.8 Å². The Bertz CT molecular complexity index is 2480. The van der Waals surface area contributed by atoms with Gasteiger partial charge in [-0.15, -0.1) is 0 Å². The van der Waals surface area contributed by atoms with E-state index in [4.69, 9.17) is 24.2 Å². The van der Waals surface area contributed by atoms with E-state index < -0.39 is 24.3 Å². The quantitative estimate of drug-likeness (QED) is 0.0978. The zero-order valence-corrected chi connectivity index (χ0v) is 36.5. The summed E-state index contributed by atoms with van der Waals surface area (Å²) in [4.78, 5) is 72.0. The summed E-state index contributed by atoms with van der Waals surface area (Å²) in [5, 5.41) is 6.60. The van der Waals surface area contributed by atoms with Crippen molar-refractivity contribution in [1.82, 2.24) is 44.9 Å². The van der Waals surface area contributed by atoms with Gasteiger partial charge in [-0.1, -0.05) is 45.9 Å². The number of H-pyrrole nitrogens is 2. The van der Waals surface area contributed by atoms with Gasteiger partial charge in [0, 0.05) is 55.2 Å². The molecule has 2 fully saturated rings. The lowest BCUT2D eigenvalue weighted by atomic mass is 10.0. The van der Waals surface area contributed by atoms with Gasteiger partial charge in [-0.2, -0.15) is 0 Å². The average molecular weight is 848 g/mol. The van der Waals surface area contributed by atoms with E-state index in [1.165, 1.54) is 36.6 Å². The van der Waals surface area contributed by atoms with Gasteiger partial charge in [0.25, 0.3) is 0 Å². The van der Waals surface area contributed by atoms with E-state index in [9.17, 15) is 19.2 Å². The molecule has 0 saturated carbocycles. The molecule has 1 aliphatic carbocycles. The number of ether oxygens (including phenoxy) is 3. The van der Waals surface area contributed by atoms with Crippen LogP contribution in [-0.4, -0.2) is 111 Å². The zero-order valence-electron chi connectivity index (χ0n) is 36.5. The number of likely N-dealkylation sites (tertiary alicyclic amines) is 2. The summed E-state index contributed by atoms with van der Waals surface area (Å²) in [6, 6.07) is 11.2. The number of carbonyl (C=O) groups is 4. The number of hydrogen-bond donors (Lipinski definition) is 4. The number of nitrogens with zero attached hydrogens (tertiary/aromatic N) is 5. The summed E-state index contributed by atoms with van der Waals surface area (Å²) in [5.41, 5.74) is 9.70. The fourth-order valence-electron chi connectivity index (χ4n) is 9.51. The van der Waals surface area contributed by atoms with Gasteiger partial charge >= 0.3 is 12.2 Å². The predicted octanol–water partition coefficient (Wildman–Crippen LogP) is 6.73. The van der Waals surface area contributed by atoms with Crippen LogP contribution in [0.3, 0.4) is 0 Å². The third-order valence-corrected chi connectivity index (χ3v) is 12.7. The van der Waals surface area contributed by atoms with Gasteiger partial charge in [-0.3, -0.25) is 9.59 Å². The highest BCUT2D eigenvalue weighted by Crippen LogP contribution is 2.45. The molecule has 328 valence electrons. The summed E-state index contributed by atoms with van der Waals surface area (Å²) >= 11 is 0. The summed E-state index contributed by atoms with van der Waals surface area (Å²) in [5.74, 6) is 0.924. The van der Waals surface area contributed by atoms with Gasteiger partial charge in [0.1, 0.15) is 23.7 Å². The second-order valence-corrected chi connectivity index (χ2v) is 17.2. The highest BCUT2D eigenvalue weighted by atomic mass is 16.5. The third kappa shape index (κ3) is 7.91. The number of carbonyl (C=O) groups excluding carboxylic acids is 4. The first-order valence-corrected chi connectivity index (χ1v) is 21.6. The molecule has 4 atom stereocenters. The van der Waals surface area contributed by atoms with E-state index in [1.807, 2.05) is 49.9 Å². The summed E-state index contributed by atoms with van der Waals surface area (Å²) < 4.78 is 17.5. The first-order valence-electron chi connectivity index (χ1n) is 21.6. The first-order chi connectivity index (χ1) is 29.9. The molecule has 16 nitrogen and oxygen atoms in total. The SMILES string of the molecule is COCCn1c2c(c3cc(-c4cnc([C@@H]5CCCN5C(=O)[C@@H](NC(=O)OC)C(C)C)[nH]4)ccc31)Cc1cc(-c3cnc([C@@H]4CCCN4C(=O)[C@@H](NC(=O)OC)C(C)C)[nH]3)ccc1-2. The lowest BCUT2D eigenvalue weighted by molar-refractivity contribution is -0.136. The minimum Gasteiger partial charge on any atom is -0.453 e. The number of aromatic nitrogens is 5. The van der Waals surface area contributed by atoms with Crippen LogP contribution < -0.4 is 10.6 Å². The van der Waals surface area contributed by atoms with E-state index in [0.29, 0.717) is 26.2 Å². The van der Waals surface area contributed by atoms with Gasteiger partial charge in [0.05, 0.1) is 62.4 Å². The number of nitrogens with one attached hydrogen (secondary N) is 4. The molecule has 4 N–H and O–H groups in total. The number of alkyl carbamates (subject to hydrolysis) is 2. The number of hydrogen-bond acceptors (Lipinski definition) is 9. The maximum Gasteiger partial charge on any atom is 0.407 e. The molecular weight excluding hydrogens is 791 g/mol.